The molecule has 1 saturated carbocycles. The van der Waals surface area contributed by atoms with Gasteiger partial charge in [0, 0.05) is 23.6 Å². The molecule has 1 aliphatic carbocycles. The first kappa shape index (κ1) is 9.86. The Morgan fingerprint density at radius 3 is 2.73 bits per heavy atom. The van der Waals surface area contributed by atoms with Crippen LogP contribution in [0.2, 0.25) is 0 Å². The maximum atomic E-state index is 3.61. The van der Waals surface area contributed by atoms with Crippen molar-refractivity contribution in [2.45, 2.75) is 25.3 Å². The summed E-state index contributed by atoms with van der Waals surface area (Å²) in [6.45, 7) is 2.60. The van der Waals surface area contributed by atoms with Gasteiger partial charge in [0.05, 0.1) is 0 Å². The fraction of sp³-hybridized carbons (Fsp3) is 0.538. The van der Waals surface area contributed by atoms with E-state index in [9.17, 15) is 0 Å². The molecule has 15 heavy (non-hydrogen) atoms. The third kappa shape index (κ3) is 1.85. The third-order valence-corrected chi connectivity index (χ3v) is 4.62. The zero-order chi connectivity index (χ0) is 10.3. The number of halogens is 1. The highest BCUT2D eigenvalue weighted by Crippen LogP contribution is 2.40. The Kier molecular flexibility index (Phi) is 2.57. The lowest BCUT2D eigenvalue weighted by atomic mass is 9.86. The van der Waals surface area contributed by atoms with Crippen LogP contribution in [0.1, 0.15) is 18.4 Å². The maximum absolute atomic E-state index is 3.61. The standard InChI is InChI=1S/C13H16BrN/c14-13-4-2-1-3-11(13)5-6-15-9-10-7-12(15)8-10/h1-4,10,12H,5-9H2. The Balaban J connectivity index is 1.60. The SMILES string of the molecule is Brc1ccccc1CCN1CC2CC1C2. The smallest absolute Gasteiger partial charge is 0.0207 e. The molecule has 2 aliphatic heterocycles. The third-order valence-electron chi connectivity index (χ3n) is 3.85. The lowest BCUT2D eigenvalue weighted by molar-refractivity contribution is 0.248. The van der Waals surface area contributed by atoms with Gasteiger partial charge in [-0.05, 0) is 36.8 Å². The number of rotatable bonds is 3. The molecule has 80 valence electrons. The molecule has 1 nitrogen and oxygen atoms in total. The Morgan fingerprint density at radius 1 is 1.27 bits per heavy atom. The molecule has 0 aromatic heterocycles. The van der Waals surface area contributed by atoms with Crippen molar-refractivity contribution in [3.8, 4) is 0 Å². The van der Waals surface area contributed by atoms with E-state index >= 15 is 0 Å². The van der Waals surface area contributed by atoms with Crippen molar-refractivity contribution in [1.82, 2.24) is 4.90 Å². The summed E-state index contributed by atoms with van der Waals surface area (Å²) in [7, 11) is 0. The average Bonchev–Trinajstić information content (AvgIpc) is 2.74. The van der Waals surface area contributed by atoms with Crippen LogP contribution in [-0.4, -0.2) is 24.0 Å². The highest BCUT2D eigenvalue weighted by atomic mass is 79.9. The molecule has 2 bridgehead atoms. The van der Waals surface area contributed by atoms with Gasteiger partial charge in [0.2, 0.25) is 0 Å². The predicted octanol–water partition coefficient (Wildman–Crippen LogP) is 3.09. The van der Waals surface area contributed by atoms with E-state index in [0.717, 1.165) is 12.0 Å². The van der Waals surface area contributed by atoms with Crippen molar-refractivity contribution in [2.75, 3.05) is 13.1 Å². The first-order chi connectivity index (χ1) is 7.33. The topological polar surface area (TPSA) is 3.24 Å². The highest BCUT2D eigenvalue weighted by Gasteiger charge is 2.41. The van der Waals surface area contributed by atoms with Crippen molar-refractivity contribution in [3.63, 3.8) is 0 Å². The van der Waals surface area contributed by atoms with E-state index in [2.05, 4.69) is 45.1 Å². The van der Waals surface area contributed by atoms with Crippen molar-refractivity contribution >= 4 is 15.9 Å². The van der Waals surface area contributed by atoms with Crippen molar-refractivity contribution in [2.24, 2.45) is 5.92 Å². The molecule has 0 N–H and O–H groups in total. The van der Waals surface area contributed by atoms with Crippen molar-refractivity contribution in [1.29, 1.82) is 0 Å². The van der Waals surface area contributed by atoms with Gasteiger partial charge in [-0.3, -0.25) is 4.90 Å². The zero-order valence-electron chi connectivity index (χ0n) is 8.82. The second-order valence-electron chi connectivity index (χ2n) is 4.83. The van der Waals surface area contributed by atoms with Crippen LogP contribution in [-0.2, 0) is 6.42 Å². The molecule has 0 unspecified atom stereocenters. The van der Waals surface area contributed by atoms with Gasteiger partial charge >= 0.3 is 0 Å². The summed E-state index contributed by atoms with van der Waals surface area (Å²) < 4.78 is 1.26. The van der Waals surface area contributed by atoms with Crippen LogP contribution >= 0.6 is 15.9 Å². The summed E-state index contributed by atoms with van der Waals surface area (Å²) >= 11 is 3.61. The molecule has 0 radical (unpaired) electrons. The van der Waals surface area contributed by atoms with Crippen LogP contribution in [0.25, 0.3) is 0 Å². The zero-order valence-corrected chi connectivity index (χ0v) is 10.4. The van der Waals surface area contributed by atoms with Crippen LogP contribution in [0, 0.1) is 5.92 Å². The molecule has 0 spiro atoms. The van der Waals surface area contributed by atoms with Gasteiger partial charge in [-0.15, -0.1) is 0 Å². The largest absolute Gasteiger partial charge is 0.300 e. The minimum Gasteiger partial charge on any atom is -0.300 e. The minimum atomic E-state index is 0.928. The molecule has 0 atom stereocenters. The summed E-state index contributed by atoms with van der Waals surface area (Å²) in [5.74, 6) is 1.04. The maximum Gasteiger partial charge on any atom is 0.0207 e. The van der Waals surface area contributed by atoms with Gasteiger partial charge in [0.25, 0.3) is 0 Å². The van der Waals surface area contributed by atoms with Gasteiger partial charge in [-0.25, -0.2) is 0 Å². The monoisotopic (exact) mass is 265 g/mol. The molecule has 1 aromatic carbocycles. The molecule has 0 amide bonds. The Labute approximate surface area is 99.6 Å². The van der Waals surface area contributed by atoms with E-state index in [0.29, 0.717) is 0 Å². The van der Waals surface area contributed by atoms with Crippen LogP contribution in [0.15, 0.2) is 28.7 Å². The Bertz CT molecular complexity index is 357. The number of hydrogen-bond acceptors (Lipinski definition) is 1. The first-order valence-electron chi connectivity index (χ1n) is 5.80. The van der Waals surface area contributed by atoms with Crippen LogP contribution < -0.4 is 0 Å². The molecule has 3 aliphatic rings. The van der Waals surface area contributed by atoms with Crippen LogP contribution in [0.4, 0.5) is 0 Å². The molecule has 2 saturated heterocycles. The van der Waals surface area contributed by atoms with Gasteiger partial charge in [-0.1, -0.05) is 34.1 Å². The van der Waals surface area contributed by atoms with E-state index in [-0.39, 0.29) is 0 Å². The van der Waals surface area contributed by atoms with Gasteiger partial charge in [0.1, 0.15) is 0 Å². The predicted molar refractivity (Wildman–Crippen MR) is 65.9 cm³/mol. The molecule has 2 heteroatoms. The summed E-state index contributed by atoms with van der Waals surface area (Å²) in [6.07, 6.45) is 4.12. The van der Waals surface area contributed by atoms with Gasteiger partial charge in [-0.2, -0.15) is 0 Å². The molecule has 3 fully saturated rings. The number of fused-ring (bicyclic) bond motifs is 1. The van der Waals surface area contributed by atoms with Gasteiger partial charge < -0.3 is 0 Å². The van der Waals surface area contributed by atoms with E-state index in [4.69, 9.17) is 0 Å². The fourth-order valence-electron chi connectivity index (χ4n) is 2.87. The summed E-state index contributed by atoms with van der Waals surface area (Å²) in [5, 5.41) is 0. The summed E-state index contributed by atoms with van der Waals surface area (Å²) in [5.41, 5.74) is 1.45. The Hall–Kier alpha value is -0.340. The summed E-state index contributed by atoms with van der Waals surface area (Å²) in [4.78, 5) is 2.67. The summed E-state index contributed by atoms with van der Waals surface area (Å²) in [6, 6.07) is 9.51. The molecular weight excluding hydrogens is 250 g/mol. The first-order valence-corrected chi connectivity index (χ1v) is 6.59. The molecule has 2 heterocycles. The van der Waals surface area contributed by atoms with E-state index < -0.39 is 0 Å². The lowest BCUT2D eigenvalue weighted by Crippen LogP contribution is -2.30. The second kappa shape index (κ2) is 3.91. The molecule has 1 aromatic rings. The van der Waals surface area contributed by atoms with E-state index in [1.165, 1.54) is 42.4 Å². The Morgan fingerprint density at radius 2 is 2.07 bits per heavy atom. The van der Waals surface area contributed by atoms with E-state index in [1.54, 1.807) is 0 Å². The normalized spacial score (nSPS) is 29.1. The quantitative estimate of drug-likeness (QED) is 0.812. The van der Waals surface area contributed by atoms with Gasteiger partial charge in [0.15, 0.2) is 0 Å². The second-order valence-corrected chi connectivity index (χ2v) is 5.68. The van der Waals surface area contributed by atoms with Crippen LogP contribution in [0.3, 0.4) is 0 Å². The van der Waals surface area contributed by atoms with Crippen molar-refractivity contribution in [3.05, 3.63) is 34.3 Å². The molecule has 4 rings (SSSR count). The fourth-order valence-corrected chi connectivity index (χ4v) is 3.35. The number of nitrogens with zero attached hydrogens (tertiary/aromatic N) is 1. The van der Waals surface area contributed by atoms with E-state index in [1.807, 2.05) is 0 Å². The van der Waals surface area contributed by atoms with Crippen molar-refractivity contribution < 1.29 is 0 Å². The number of hydrogen-bond donors (Lipinski definition) is 0. The average molecular weight is 266 g/mol. The van der Waals surface area contributed by atoms with Crippen LogP contribution in [0.5, 0.6) is 0 Å². The number of benzene rings is 1. The minimum absolute atomic E-state index is 0.928. The lowest BCUT2D eigenvalue weighted by Gasteiger charge is -2.26. The highest BCUT2D eigenvalue weighted by molar-refractivity contribution is 9.10. The molecular formula is C13H16BrN.